The molecule has 2 saturated carbocycles. The van der Waals surface area contributed by atoms with Gasteiger partial charge < -0.3 is 0 Å². The summed E-state index contributed by atoms with van der Waals surface area (Å²) in [7, 11) is 0. The molecular formula is C15H22. The van der Waals surface area contributed by atoms with E-state index < -0.39 is 0 Å². The van der Waals surface area contributed by atoms with Crippen molar-refractivity contribution in [1.29, 1.82) is 0 Å². The lowest BCUT2D eigenvalue weighted by Crippen LogP contribution is -2.33. The fourth-order valence-corrected chi connectivity index (χ4v) is 4.55. The van der Waals surface area contributed by atoms with Gasteiger partial charge in [0.1, 0.15) is 0 Å². The van der Waals surface area contributed by atoms with Crippen molar-refractivity contribution < 1.29 is 0 Å². The third-order valence-corrected chi connectivity index (χ3v) is 5.53. The van der Waals surface area contributed by atoms with Crippen LogP contribution in [0.4, 0.5) is 0 Å². The Morgan fingerprint density at radius 2 is 2.00 bits per heavy atom. The molecule has 15 heavy (non-hydrogen) atoms. The second kappa shape index (κ2) is 2.59. The Balaban J connectivity index is 2.01. The zero-order valence-electron chi connectivity index (χ0n) is 10.4. The van der Waals surface area contributed by atoms with E-state index in [9.17, 15) is 0 Å². The largest absolute Gasteiger partial charge is 0.0780 e. The Kier molecular flexibility index (Phi) is 1.67. The predicted octanol–water partition coefficient (Wildman–Crippen LogP) is 4.19. The van der Waals surface area contributed by atoms with E-state index in [0.29, 0.717) is 10.8 Å². The summed E-state index contributed by atoms with van der Waals surface area (Å²) in [4.78, 5) is 0. The Hall–Kier alpha value is -0.520. The maximum absolute atomic E-state index is 2.47. The normalized spacial score (nSPS) is 50.4. The van der Waals surface area contributed by atoms with Gasteiger partial charge >= 0.3 is 0 Å². The molecule has 0 bridgehead atoms. The molecule has 3 rings (SSSR count). The first-order valence-electron chi connectivity index (χ1n) is 6.33. The van der Waals surface area contributed by atoms with Crippen LogP contribution in [0, 0.1) is 28.6 Å². The lowest BCUT2D eigenvalue weighted by Gasteiger charge is -2.42. The predicted molar refractivity (Wildman–Crippen MR) is 64.5 cm³/mol. The molecule has 0 radical (unpaired) electrons. The summed E-state index contributed by atoms with van der Waals surface area (Å²) in [5, 5.41) is 0. The number of hydrogen-bond acceptors (Lipinski definition) is 0. The molecule has 0 aromatic rings. The molecular weight excluding hydrogens is 180 g/mol. The molecule has 0 heterocycles. The van der Waals surface area contributed by atoms with E-state index in [4.69, 9.17) is 0 Å². The highest BCUT2D eigenvalue weighted by Gasteiger charge is 2.66. The van der Waals surface area contributed by atoms with Crippen molar-refractivity contribution in [2.45, 2.75) is 40.5 Å². The van der Waals surface area contributed by atoms with E-state index in [1.165, 1.54) is 12.8 Å². The standard InChI is InChI=1S/C15H22/c1-10-6-5-8-15(4)9-7-11-13(12(10)15)14(11,2)3/h5-6,8,11-13H,7,9H2,1-4H3/t11-,12?,13-,15+/m1/s1. The average Bonchev–Trinajstić information content (AvgIpc) is 2.68. The van der Waals surface area contributed by atoms with Crippen LogP contribution in [0.3, 0.4) is 0 Å². The van der Waals surface area contributed by atoms with Gasteiger partial charge in [0.15, 0.2) is 0 Å². The van der Waals surface area contributed by atoms with E-state index in [1.807, 2.05) is 0 Å². The van der Waals surface area contributed by atoms with Crippen LogP contribution < -0.4 is 0 Å². The summed E-state index contributed by atoms with van der Waals surface area (Å²) >= 11 is 0. The van der Waals surface area contributed by atoms with Crippen molar-refractivity contribution in [3.8, 4) is 0 Å². The molecule has 0 saturated heterocycles. The molecule has 0 aliphatic heterocycles. The zero-order valence-corrected chi connectivity index (χ0v) is 10.4. The monoisotopic (exact) mass is 202 g/mol. The molecule has 3 aliphatic carbocycles. The maximum Gasteiger partial charge on any atom is -0.00749 e. The van der Waals surface area contributed by atoms with Crippen LogP contribution >= 0.6 is 0 Å². The van der Waals surface area contributed by atoms with Gasteiger partial charge in [-0.2, -0.15) is 0 Å². The molecule has 0 amide bonds. The van der Waals surface area contributed by atoms with Gasteiger partial charge in [-0.3, -0.25) is 0 Å². The Bertz CT molecular complexity index is 358. The summed E-state index contributed by atoms with van der Waals surface area (Å²) in [6.45, 7) is 9.75. The van der Waals surface area contributed by atoms with Crippen molar-refractivity contribution in [2.24, 2.45) is 28.6 Å². The summed E-state index contributed by atoms with van der Waals surface area (Å²) < 4.78 is 0. The minimum absolute atomic E-state index is 0.466. The van der Waals surface area contributed by atoms with Gasteiger partial charge in [-0.1, -0.05) is 44.6 Å². The Labute approximate surface area is 93.5 Å². The summed E-state index contributed by atoms with van der Waals surface area (Å²) in [6, 6.07) is 0. The molecule has 4 atom stereocenters. The van der Waals surface area contributed by atoms with E-state index in [1.54, 1.807) is 5.57 Å². The summed E-state index contributed by atoms with van der Waals surface area (Å²) in [6.07, 6.45) is 9.92. The van der Waals surface area contributed by atoms with Crippen LogP contribution in [0.15, 0.2) is 23.8 Å². The molecule has 0 aromatic carbocycles. The van der Waals surface area contributed by atoms with Crippen molar-refractivity contribution in [3.63, 3.8) is 0 Å². The molecule has 0 heteroatoms. The number of rotatable bonds is 0. The quantitative estimate of drug-likeness (QED) is 0.552. The van der Waals surface area contributed by atoms with E-state index >= 15 is 0 Å². The van der Waals surface area contributed by atoms with Crippen molar-refractivity contribution in [1.82, 2.24) is 0 Å². The average molecular weight is 202 g/mol. The number of allylic oxidation sites excluding steroid dienone is 4. The Morgan fingerprint density at radius 3 is 2.73 bits per heavy atom. The molecule has 3 aliphatic rings. The molecule has 0 spiro atoms. The molecule has 82 valence electrons. The van der Waals surface area contributed by atoms with Gasteiger partial charge in [-0.15, -0.1) is 0 Å². The second-order valence-corrected chi connectivity index (χ2v) is 6.75. The first-order valence-corrected chi connectivity index (χ1v) is 6.33. The van der Waals surface area contributed by atoms with Gasteiger partial charge in [-0.05, 0) is 48.3 Å². The van der Waals surface area contributed by atoms with Crippen molar-refractivity contribution in [2.75, 3.05) is 0 Å². The fourth-order valence-electron chi connectivity index (χ4n) is 4.55. The zero-order chi connectivity index (χ0) is 10.8. The van der Waals surface area contributed by atoms with Crippen LogP contribution in [-0.2, 0) is 0 Å². The highest BCUT2D eigenvalue weighted by atomic mass is 14.7. The second-order valence-electron chi connectivity index (χ2n) is 6.75. The first-order chi connectivity index (χ1) is 6.97. The van der Waals surface area contributed by atoms with E-state index in [-0.39, 0.29) is 0 Å². The van der Waals surface area contributed by atoms with Crippen LogP contribution in [0.2, 0.25) is 0 Å². The van der Waals surface area contributed by atoms with Crippen LogP contribution in [0.5, 0.6) is 0 Å². The van der Waals surface area contributed by atoms with Crippen LogP contribution in [0.25, 0.3) is 0 Å². The van der Waals surface area contributed by atoms with E-state index in [2.05, 4.69) is 45.9 Å². The van der Waals surface area contributed by atoms with Gasteiger partial charge in [0.05, 0.1) is 0 Å². The van der Waals surface area contributed by atoms with Gasteiger partial charge in [0.2, 0.25) is 0 Å². The third kappa shape index (κ3) is 1.08. The Morgan fingerprint density at radius 1 is 1.27 bits per heavy atom. The third-order valence-electron chi connectivity index (χ3n) is 5.53. The first kappa shape index (κ1) is 9.69. The summed E-state index contributed by atoms with van der Waals surface area (Å²) in [5.41, 5.74) is 2.71. The SMILES string of the molecule is CC1=CC=C[C@@]2(C)CC[C@@H]3[C@H](C12)C3(C)C. The summed E-state index contributed by atoms with van der Waals surface area (Å²) in [5.74, 6) is 2.79. The molecule has 1 unspecified atom stereocenters. The molecule has 2 fully saturated rings. The lowest BCUT2D eigenvalue weighted by atomic mass is 9.62. The van der Waals surface area contributed by atoms with Crippen molar-refractivity contribution >= 4 is 0 Å². The minimum atomic E-state index is 0.466. The van der Waals surface area contributed by atoms with E-state index in [0.717, 1.165) is 17.8 Å². The van der Waals surface area contributed by atoms with Crippen LogP contribution in [-0.4, -0.2) is 0 Å². The van der Waals surface area contributed by atoms with Gasteiger partial charge in [-0.25, -0.2) is 0 Å². The van der Waals surface area contributed by atoms with Crippen molar-refractivity contribution in [3.05, 3.63) is 23.8 Å². The molecule has 0 aromatic heterocycles. The lowest BCUT2D eigenvalue weighted by molar-refractivity contribution is 0.183. The number of fused-ring (bicyclic) bond motifs is 3. The topological polar surface area (TPSA) is 0 Å². The van der Waals surface area contributed by atoms with Crippen LogP contribution in [0.1, 0.15) is 40.5 Å². The van der Waals surface area contributed by atoms with Gasteiger partial charge in [0.25, 0.3) is 0 Å². The smallest absolute Gasteiger partial charge is 0.00749 e. The highest BCUT2D eigenvalue weighted by molar-refractivity contribution is 5.32. The fraction of sp³-hybridized carbons (Fsp3) is 0.733. The van der Waals surface area contributed by atoms with Gasteiger partial charge in [0, 0.05) is 0 Å². The minimum Gasteiger partial charge on any atom is -0.0780 e. The number of hydrogen-bond donors (Lipinski definition) is 0. The maximum atomic E-state index is 2.47. The molecule has 0 nitrogen and oxygen atoms in total. The molecule has 0 N–H and O–H groups in total. The highest BCUT2D eigenvalue weighted by Crippen LogP contribution is 2.72.